The Labute approximate surface area is 177 Å². The average molecular weight is 420 g/mol. The van der Waals surface area contributed by atoms with Gasteiger partial charge in [-0.1, -0.05) is 31.5 Å². The summed E-state index contributed by atoms with van der Waals surface area (Å²) in [4.78, 5) is 2.38. The van der Waals surface area contributed by atoms with Crippen molar-refractivity contribution in [2.24, 2.45) is 5.92 Å². The van der Waals surface area contributed by atoms with Crippen LogP contribution >= 0.6 is 0 Å². The van der Waals surface area contributed by atoms with E-state index in [1.54, 1.807) is 12.1 Å². The largest absolute Gasteiger partial charge is 0.490 e. The van der Waals surface area contributed by atoms with Crippen LogP contribution in [0.1, 0.15) is 76.0 Å². The van der Waals surface area contributed by atoms with Gasteiger partial charge in [0, 0.05) is 6.04 Å². The molecule has 0 spiro atoms. The Balaban J connectivity index is 1.70. The molecule has 5 heteroatoms. The molecule has 164 valence electrons. The van der Waals surface area contributed by atoms with Crippen molar-refractivity contribution >= 4 is 10.8 Å². The quantitative estimate of drug-likeness (QED) is 0.513. The smallest absolute Gasteiger partial charge is 0.420 e. The van der Waals surface area contributed by atoms with E-state index in [0.717, 1.165) is 57.2 Å². The zero-order valence-corrected chi connectivity index (χ0v) is 18.0. The summed E-state index contributed by atoms with van der Waals surface area (Å²) in [5, 5.41) is 0.868. The van der Waals surface area contributed by atoms with Gasteiger partial charge in [-0.2, -0.15) is 13.2 Å². The van der Waals surface area contributed by atoms with Gasteiger partial charge in [0.2, 0.25) is 0 Å². The molecule has 2 nitrogen and oxygen atoms in total. The molecule has 2 fully saturated rings. The Hall–Kier alpha value is -1.75. The van der Waals surface area contributed by atoms with Gasteiger partial charge < -0.3 is 4.74 Å². The van der Waals surface area contributed by atoms with Gasteiger partial charge in [0.15, 0.2) is 0 Å². The first-order valence-electron chi connectivity index (χ1n) is 11.4. The molecule has 1 heterocycles. The van der Waals surface area contributed by atoms with Crippen LogP contribution in [0.2, 0.25) is 0 Å². The third-order valence-corrected chi connectivity index (χ3v) is 6.97. The van der Waals surface area contributed by atoms with Crippen molar-refractivity contribution in [1.29, 1.82) is 0 Å². The highest BCUT2D eigenvalue weighted by Gasteiger charge is 2.37. The first-order chi connectivity index (χ1) is 14.3. The maximum absolute atomic E-state index is 14.2. The van der Waals surface area contributed by atoms with E-state index in [1.165, 1.54) is 12.5 Å². The summed E-state index contributed by atoms with van der Waals surface area (Å²) in [7, 11) is 0. The van der Waals surface area contributed by atoms with Gasteiger partial charge in [-0.05, 0) is 92.9 Å². The van der Waals surface area contributed by atoms with Crippen LogP contribution in [0, 0.1) is 5.92 Å². The molecule has 4 rings (SSSR count). The Bertz CT molecular complexity index is 865. The van der Waals surface area contributed by atoms with E-state index in [0.29, 0.717) is 11.3 Å². The normalized spacial score (nSPS) is 24.7. The van der Waals surface area contributed by atoms with Gasteiger partial charge in [0.25, 0.3) is 0 Å². The number of halogens is 3. The summed E-state index contributed by atoms with van der Waals surface area (Å²) in [6, 6.07) is 8.93. The molecule has 1 atom stereocenters. The minimum absolute atomic E-state index is 0.0164. The summed E-state index contributed by atoms with van der Waals surface area (Å²) < 4.78 is 48.5. The summed E-state index contributed by atoms with van der Waals surface area (Å²) in [6.45, 7) is 6.31. The lowest BCUT2D eigenvalue weighted by Crippen LogP contribution is -2.32. The Kier molecular flexibility index (Phi) is 6.29. The van der Waals surface area contributed by atoms with Gasteiger partial charge >= 0.3 is 6.18 Å². The number of likely N-dealkylation sites (tertiary alicyclic amines) is 1. The Morgan fingerprint density at radius 2 is 1.63 bits per heavy atom. The summed E-state index contributed by atoms with van der Waals surface area (Å²) >= 11 is 0. The van der Waals surface area contributed by atoms with Crippen molar-refractivity contribution in [1.82, 2.24) is 4.90 Å². The highest BCUT2D eigenvalue weighted by atomic mass is 19.4. The van der Waals surface area contributed by atoms with Crippen molar-refractivity contribution in [3.8, 4) is 5.75 Å². The van der Waals surface area contributed by atoms with Gasteiger partial charge in [0.05, 0.1) is 6.10 Å². The van der Waals surface area contributed by atoms with E-state index in [-0.39, 0.29) is 23.3 Å². The highest BCUT2D eigenvalue weighted by molar-refractivity contribution is 5.89. The molecule has 2 aromatic carbocycles. The zero-order valence-electron chi connectivity index (χ0n) is 18.0. The van der Waals surface area contributed by atoms with Crippen LogP contribution in [-0.2, 0) is 6.18 Å². The van der Waals surface area contributed by atoms with E-state index < -0.39 is 11.7 Å². The number of rotatable bonds is 4. The zero-order chi connectivity index (χ0) is 21.3. The first kappa shape index (κ1) is 21.5. The number of hydrogen-bond donors (Lipinski definition) is 0. The predicted octanol–water partition coefficient (Wildman–Crippen LogP) is 7.36. The van der Waals surface area contributed by atoms with Crippen LogP contribution in [0.4, 0.5) is 13.2 Å². The molecule has 1 saturated heterocycles. The van der Waals surface area contributed by atoms with Crippen molar-refractivity contribution in [2.75, 3.05) is 13.1 Å². The van der Waals surface area contributed by atoms with Crippen LogP contribution in [-0.4, -0.2) is 24.1 Å². The van der Waals surface area contributed by atoms with Crippen LogP contribution in [0.5, 0.6) is 5.75 Å². The topological polar surface area (TPSA) is 12.5 Å². The summed E-state index contributed by atoms with van der Waals surface area (Å²) in [5.74, 6) is 0.611. The molecule has 0 bridgehead atoms. The van der Waals surface area contributed by atoms with Gasteiger partial charge in [-0.15, -0.1) is 0 Å². The molecular weight excluding hydrogens is 387 g/mol. The molecule has 1 unspecified atom stereocenters. The second-order valence-electron chi connectivity index (χ2n) is 9.19. The summed E-state index contributed by atoms with van der Waals surface area (Å²) in [6.07, 6.45) is 2.63. The van der Waals surface area contributed by atoms with Crippen LogP contribution in [0.15, 0.2) is 30.3 Å². The fourth-order valence-corrected chi connectivity index (χ4v) is 5.01. The molecule has 0 amide bonds. The number of ether oxygens (including phenoxy) is 1. The molecule has 0 N–H and O–H groups in total. The van der Waals surface area contributed by atoms with Crippen molar-refractivity contribution in [3.63, 3.8) is 0 Å². The number of benzene rings is 2. The number of fused-ring (bicyclic) bond motifs is 1. The van der Waals surface area contributed by atoms with Crippen molar-refractivity contribution < 1.29 is 17.9 Å². The highest BCUT2D eigenvalue weighted by Crippen LogP contribution is 2.43. The van der Waals surface area contributed by atoms with E-state index in [1.807, 2.05) is 12.1 Å². The molecule has 2 aliphatic rings. The molecule has 30 heavy (non-hydrogen) atoms. The van der Waals surface area contributed by atoms with Crippen LogP contribution in [0.25, 0.3) is 10.8 Å². The second kappa shape index (κ2) is 8.78. The maximum atomic E-state index is 14.2. The third kappa shape index (κ3) is 4.61. The molecular formula is C25H32F3NO. The van der Waals surface area contributed by atoms with Gasteiger partial charge in [-0.25, -0.2) is 0 Å². The molecule has 0 radical (unpaired) electrons. The average Bonchev–Trinajstić information content (AvgIpc) is 2.74. The predicted molar refractivity (Wildman–Crippen MR) is 115 cm³/mol. The third-order valence-electron chi connectivity index (χ3n) is 6.97. The van der Waals surface area contributed by atoms with Crippen molar-refractivity contribution in [3.05, 3.63) is 41.5 Å². The SMILES string of the molecule is CC1CCC(Oc2ccc3ccc(C(C)N4CCCCC4)cc3c2C(F)(F)F)CC1. The number of alkyl halides is 3. The minimum Gasteiger partial charge on any atom is -0.490 e. The summed E-state index contributed by atoms with van der Waals surface area (Å²) in [5.41, 5.74) is 0.324. The Morgan fingerprint density at radius 1 is 0.967 bits per heavy atom. The van der Waals surface area contributed by atoms with Gasteiger partial charge in [-0.3, -0.25) is 4.90 Å². The van der Waals surface area contributed by atoms with Crippen LogP contribution < -0.4 is 4.74 Å². The molecule has 2 aromatic rings. The van der Waals surface area contributed by atoms with Gasteiger partial charge in [0.1, 0.15) is 11.3 Å². The molecule has 0 aromatic heterocycles. The number of hydrogen-bond acceptors (Lipinski definition) is 2. The van der Waals surface area contributed by atoms with E-state index >= 15 is 0 Å². The maximum Gasteiger partial charge on any atom is 0.420 e. The standard InChI is InChI=1S/C25H32F3NO/c1-17-6-11-21(12-7-17)30-23-13-10-19-8-9-20(16-22(19)24(23)25(26,27)28)18(2)29-14-4-3-5-15-29/h8-10,13,16-18,21H,3-7,11-12,14-15H2,1-2H3. The van der Waals surface area contributed by atoms with E-state index in [2.05, 4.69) is 18.7 Å². The second-order valence-corrected chi connectivity index (χ2v) is 9.19. The lowest BCUT2D eigenvalue weighted by atomic mass is 9.89. The van der Waals surface area contributed by atoms with Crippen molar-refractivity contribution in [2.45, 2.75) is 77.1 Å². The monoisotopic (exact) mass is 419 g/mol. The van der Waals surface area contributed by atoms with E-state index in [9.17, 15) is 13.2 Å². The lowest BCUT2D eigenvalue weighted by molar-refractivity contribution is -0.138. The van der Waals surface area contributed by atoms with Crippen LogP contribution in [0.3, 0.4) is 0 Å². The lowest BCUT2D eigenvalue weighted by Gasteiger charge is -2.33. The molecule has 1 saturated carbocycles. The Morgan fingerprint density at radius 3 is 2.30 bits per heavy atom. The molecule has 1 aliphatic carbocycles. The number of nitrogens with zero attached hydrogens (tertiary/aromatic N) is 1. The van der Waals surface area contributed by atoms with E-state index in [4.69, 9.17) is 4.74 Å². The molecule has 1 aliphatic heterocycles. The number of piperidine rings is 1. The first-order valence-corrected chi connectivity index (χ1v) is 11.4. The minimum atomic E-state index is -4.45. The fourth-order valence-electron chi connectivity index (χ4n) is 5.01. The fraction of sp³-hybridized carbons (Fsp3) is 0.600.